The van der Waals surface area contributed by atoms with Crippen molar-refractivity contribution in [2.45, 2.75) is 111 Å². The molecule has 0 saturated carbocycles. The van der Waals surface area contributed by atoms with E-state index in [0.29, 0.717) is 25.8 Å². The summed E-state index contributed by atoms with van der Waals surface area (Å²) in [4.78, 5) is 50.9. The smallest absolute Gasteiger partial charge is 0.226 e. The van der Waals surface area contributed by atoms with E-state index >= 15 is 0 Å². The van der Waals surface area contributed by atoms with Gasteiger partial charge in [-0.2, -0.15) is 0 Å². The number of aliphatic hydroxyl groups excluding tert-OH is 1. The van der Waals surface area contributed by atoms with Crippen LogP contribution in [0.2, 0.25) is 0 Å². The molecule has 2 heterocycles. The predicted octanol–water partition coefficient (Wildman–Crippen LogP) is 7.66. The number of Topliss-reactive ketones (excluding diaryl/α,β-unsaturated/α-hetero) is 2. The quantitative estimate of drug-likeness (QED) is 0.0940. The van der Waals surface area contributed by atoms with Crippen LogP contribution in [0.1, 0.15) is 104 Å². The molecule has 0 bridgehead atoms. The number of amides is 1. The molecule has 240 valence electrons. The molecule has 1 N–H and O–H groups in total. The zero-order chi connectivity index (χ0) is 32.7. The largest absolute Gasteiger partial charge is 0.391 e. The summed E-state index contributed by atoms with van der Waals surface area (Å²) in [5.41, 5.74) is 12.2. The first-order valence-corrected chi connectivity index (χ1v) is 16.6. The molecule has 1 aromatic heterocycles. The highest BCUT2D eigenvalue weighted by atomic mass is 32.1. The summed E-state index contributed by atoms with van der Waals surface area (Å²) in [6, 6.07) is 7.54. The van der Waals surface area contributed by atoms with Crippen LogP contribution in [0.5, 0.6) is 0 Å². The minimum Gasteiger partial charge on any atom is -0.391 e. The number of azide groups is 1. The number of carbonyl (C=O) groups excluding carboxylic acids is 3. The van der Waals surface area contributed by atoms with Crippen LogP contribution in [0.3, 0.4) is 0 Å². The van der Waals surface area contributed by atoms with E-state index in [0.717, 1.165) is 34.5 Å². The van der Waals surface area contributed by atoms with Crippen LogP contribution in [0.15, 0.2) is 34.9 Å². The second kappa shape index (κ2) is 15.3. The van der Waals surface area contributed by atoms with Gasteiger partial charge in [0.15, 0.2) is 5.78 Å². The maximum Gasteiger partial charge on any atom is 0.226 e. The lowest BCUT2D eigenvalue weighted by Gasteiger charge is -2.39. The van der Waals surface area contributed by atoms with Crippen molar-refractivity contribution < 1.29 is 19.5 Å². The normalized spacial score (nSPS) is 18.5. The molecule has 9 nitrogen and oxygen atoms in total. The Balaban J connectivity index is 1.68. The van der Waals surface area contributed by atoms with E-state index in [1.54, 1.807) is 16.2 Å². The van der Waals surface area contributed by atoms with Gasteiger partial charge in [0.1, 0.15) is 5.78 Å². The molecule has 1 aliphatic heterocycles. The van der Waals surface area contributed by atoms with Crippen LogP contribution in [-0.2, 0) is 14.4 Å². The number of aromatic nitrogens is 1. The minimum absolute atomic E-state index is 0.0459. The molecular weight excluding hydrogens is 574 g/mol. The number of rotatable bonds is 15. The molecule has 1 amide bonds. The van der Waals surface area contributed by atoms with Crippen molar-refractivity contribution in [1.29, 1.82) is 0 Å². The Morgan fingerprint density at radius 2 is 1.82 bits per heavy atom. The molecular formula is C34H49N5O4S. The Hall–Kier alpha value is -3.07. The Morgan fingerprint density at radius 1 is 1.14 bits per heavy atom. The Kier molecular flexibility index (Phi) is 12.3. The average Bonchev–Trinajstić information content (AvgIpc) is 3.57. The number of β-amino-alcohol motifs (C(OH)–C–C–N with tert-alkyl or cyclic N) is 1. The summed E-state index contributed by atoms with van der Waals surface area (Å²) in [5, 5.41) is 14.2. The first-order valence-electron chi connectivity index (χ1n) is 15.7. The third kappa shape index (κ3) is 9.22. The molecule has 44 heavy (non-hydrogen) atoms. The second-order valence-electron chi connectivity index (χ2n) is 14.1. The molecule has 4 atom stereocenters. The fraction of sp³-hybridized carbons (Fsp3) is 0.647. The molecule has 0 radical (unpaired) electrons. The van der Waals surface area contributed by atoms with Gasteiger partial charge in [-0.25, -0.2) is 4.98 Å². The summed E-state index contributed by atoms with van der Waals surface area (Å²) in [7, 11) is 0. The van der Waals surface area contributed by atoms with Gasteiger partial charge in [-0.15, -0.1) is 11.3 Å². The van der Waals surface area contributed by atoms with E-state index in [1.165, 1.54) is 0 Å². The fourth-order valence-electron chi connectivity index (χ4n) is 6.08. The molecule has 1 aliphatic rings. The third-order valence-electron chi connectivity index (χ3n) is 8.97. The molecule has 10 heteroatoms. The zero-order valence-corrected chi connectivity index (χ0v) is 28.2. The average molecular weight is 624 g/mol. The summed E-state index contributed by atoms with van der Waals surface area (Å²) in [6.07, 6.45) is 2.75. The zero-order valence-electron chi connectivity index (χ0n) is 27.4. The number of aliphatic hydroxyl groups is 1. The molecule has 1 fully saturated rings. The van der Waals surface area contributed by atoms with Crippen LogP contribution in [-0.4, -0.2) is 57.7 Å². The lowest BCUT2D eigenvalue weighted by molar-refractivity contribution is -0.146. The van der Waals surface area contributed by atoms with Crippen molar-refractivity contribution in [2.24, 2.45) is 21.9 Å². The maximum absolute atomic E-state index is 14.2. The molecule has 3 rings (SSSR count). The molecule has 0 unspecified atom stereocenters. The van der Waals surface area contributed by atoms with E-state index < -0.39 is 28.9 Å². The number of carbonyl (C=O) groups is 3. The molecule has 1 saturated heterocycles. The number of thiazole rings is 1. The number of nitrogens with zero attached hydrogens (tertiary/aromatic N) is 5. The van der Waals surface area contributed by atoms with Crippen molar-refractivity contribution in [3.63, 3.8) is 0 Å². The third-order valence-corrected chi connectivity index (χ3v) is 9.94. The topological polar surface area (TPSA) is 136 Å². The summed E-state index contributed by atoms with van der Waals surface area (Å²) in [5.74, 6) is -0.654. The number of likely N-dealkylation sites (tertiary alicyclic amines) is 1. The van der Waals surface area contributed by atoms with Crippen LogP contribution in [0.4, 0.5) is 0 Å². The Labute approximate surface area is 266 Å². The van der Waals surface area contributed by atoms with Crippen molar-refractivity contribution >= 4 is 28.8 Å². The van der Waals surface area contributed by atoms with Gasteiger partial charge >= 0.3 is 0 Å². The van der Waals surface area contributed by atoms with Crippen LogP contribution < -0.4 is 0 Å². The van der Waals surface area contributed by atoms with E-state index in [-0.39, 0.29) is 42.8 Å². The molecule has 1 aromatic carbocycles. The van der Waals surface area contributed by atoms with Crippen LogP contribution >= 0.6 is 11.3 Å². The number of ketones is 2. The number of hydrogen-bond acceptors (Lipinski definition) is 7. The molecule has 0 spiro atoms. The van der Waals surface area contributed by atoms with Gasteiger partial charge in [-0.1, -0.05) is 77.3 Å². The van der Waals surface area contributed by atoms with Gasteiger partial charge in [0, 0.05) is 48.6 Å². The van der Waals surface area contributed by atoms with Gasteiger partial charge < -0.3 is 10.0 Å². The van der Waals surface area contributed by atoms with E-state index in [2.05, 4.69) is 27.1 Å². The highest BCUT2D eigenvalue weighted by molar-refractivity contribution is 7.13. The monoisotopic (exact) mass is 623 g/mol. The van der Waals surface area contributed by atoms with Crippen molar-refractivity contribution in [3.05, 3.63) is 51.5 Å². The van der Waals surface area contributed by atoms with Gasteiger partial charge in [-0.05, 0) is 54.2 Å². The van der Waals surface area contributed by atoms with E-state index in [9.17, 15) is 19.5 Å². The van der Waals surface area contributed by atoms with Gasteiger partial charge in [-0.3, -0.25) is 14.4 Å². The SMILES string of the molecule is Cc1ncsc1-c1ccc([C@H](C)CC(=O)[C@@H]2C[C@@H](O)CN2C(=O)[C@H](CC(C)(C)C(=O)CCCCCN=[N+]=[N-])C(C)(C)C)cc1. The lowest BCUT2D eigenvalue weighted by atomic mass is 9.68. The van der Waals surface area contributed by atoms with Crippen molar-refractivity contribution in [3.8, 4) is 10.4 Å². The first-order chi connectivity index (χ1) is 20.7. The Morgan fingerprint density at radius 3 is 2.41 bits per heavy atom. The number of aryl methyl sites for hydroxylation is 1. The number of hydrogen-bond donors (Lipinski definition) is 1. The minimum atomic E-state index is -0.759. The lowest BCUT2D eigenvalue weighted by Crippen LogP contribution is -2.48. The van der Waals surface area contributed by atoms with Gasteiger partial charge in [0.05, 0.1) is 28.2 Å². The van der Waals surface area contributed by atoms with Crippen LogP contribution in [0.25, 0.3) is 20.9 Å². The summed E-state index contributed by atoms with van der Waals surface area (Å²) in [6.45, 7) is 14.3. The Bertz CT molecular complexity index is 1340. The number of benzene rings is 1. The molecule has 2 aromatic rings. The standard InChI is InChI=1S/C34H49N5O4S/c1-22(24-12-14-25(15-13-24)31-23(2)36-21-44-31)17-29(41)28-18-26(40)20-39(28)32(43)27(33(3,4)5)19-34(6,7)30(42)11-9-8-10-16-37-38-35/h12-15,21-22,26-28,40H,8-11,16-20H2,1-7H3/t22-,26-,27+,28+/m1/s1. The highest BCUT2D eigenvalue weighted by Crippen LogP contribution is 2.40. The first kappa shape index (κ1) is 35.4. The van der Waals surface area contributed by atoms with Gasteiger partial charge in [0.2, 0.25) is 5.91 Å². The summed E-state index contributed by atoms with van der Waals surface area (Å²) >= 11 is 1.60. The van der Waals surface area contributed by atoms with Gasteiger partial charge in [0.25, 0.3) is 0 Å². The van der Waals surface area contributed by atoms with Crippen molar-refractivity contribution in [1.82, 2.24) is 9.88 Å². The van der Waals surface area contributed by atoms with Crippen LogP contribution in [0, 0.1) is 23.7 Å². The molecule has 0 aliphatic carbocycles. The highest BCUT2D eigenvalue weighted by Gasteiger charge is 2.46. The van der Waals surface area contributed by atoms with E-state index in [1.807, 2.05) is 66.1 Å². The predicted molar refractivity (Wildman–Crippen MR) is 175 cm³/mol. The maximum atomic E-state index is 14.2. The number of unbranched alkanes of at least 4 members (excludes halogenated alkanes) is 2. The second-order valence-corrected chi connectivity index (χ2v) is 14.9. The van der Waals surface area contributed by atoms with Crippen molar-refractivity contribution in [2.75, 3.05) is 13.1 Å². The summed E-state index contributed by atoms with van der Waals surface area (Å²) < 4.78 is 0. The fourth-order valence-corrected chi connectivity index (χ4v) is 6.89. The van der Waals surface area contributed by atoms with E-state index in [4.69, 9.17) is 5.53 Å².